The third kappa shape index (κ3) is 5.60. The standard InChI is InChI=1S/C26H26N4O4S2/c1-16-9-8-12-20(17(16)2)34-13-21-28-29-26(30(21)3)36-15-22(31)27-24-23(25(32)33-4)19(14-35-24)18-10-6-5-7-11-18/h5-12,14H,13,15H2,1-4H3,(H,27,31). The van der Waals surface area contributed by atoms with Gasteiger partial charge in [-0.3, -0.25) is 4.79 Å². The quantitative estimate of drug-likeness (QED) is 0.237. The van der Waals surface area contributed by atoms with Crippen LogP contribution in [0.1, 0.15) is 27.3 Å². The number of carbonyl (C=O) groups excluding carboxylic acids is 2. The van der Waals surface area contributed by atoms with Crippen LogP contribution in [0.5, 0.6) is 5.75 Å². The minimum absolute atomic E-state index is 0.100. The molecule has 0 saturated carbocycles. The lowest BCUT2D eigenvalue weighted by molar-refractivity contribution is -0.113. The van der Waals surface area contributed by atoms with Crippen molar-refractivity contribution in [3.05, 3.63) is 76.4 Å². The summed E-state index contributed by atoms with van der Waals surface area (Å²) in [5.74, 6) is 0.794. The van der Waals surface area contributed by atoms with Gasteiger partial charge in [0.1, 0.15) is 22.9 Å². The smallest absolute Gasteiger partial charge is 0.341 e. The van der Waals surface area contributed by atoms with Gasteiger partial charge in [0, 0.05) is 18.0 Å². The Bertz CT molecular complexity index is 1380. The van der Waals surface area contributed by atoms with E-state index < -0.39 is 5.97 Å². The number of ether oxygens (including phenoxy) is 2. The first-order chi connectivity index (χ1) is 17.4. The van der Waals surface area contributed by atoms with E-state index in [0.717, 1.165) is 28.0 Å². The zero-order valence-corrected chi connectivity index (χ0v) is 22.0. The lowest BCUT2D eigenvalue weighted by Crippen LogP contribution is -2.16. The molecule has 0 saturated heterocycles. The van der Waals surface area contributed by atoms with E-state index in [1.807, 2.05) is 79.4 Å². The topological polar surface area (TPSA) is 95.3 Å². The molecule has 4 aromatic rings. The number of nitrogens with one attached hydrogen (secondary N) is 1. The van der Waals surface area contributed by atoms with Gasteiger partial charge in [-0.1, -0.05) is 54.2 Å². The van der Waals surface area contributed by atoms with Crippen LogP contribution in [0.15, 0.2) is 59.1 Å². The van der Waals surface area contributed by atoms with Crippen LogP contribution in [0.3, 0.4) is 0 Å². The van der Waals surface area contributed by atoms with Gasteiger partial charge in [0.2, 0.25) is 5.91 Å². The first-order valence-electron chi connectivity index (χ1n) is 11.1. The van der Waals surface area contributed by atoms with Gasteiger partial charge in [0.25, 0.3) is 0 Å². The van der Waals surface area contributed by atoms with E-state index in [9.17, 15) is 9.59 Å². The van der Waals surface area contributed by atoms with Crippen LogP contribution < -0.4 is 10.1 Å². The van der Waals surface area contributed by atoms with Crippen LogP contribution in [0, 0.1) is 13.8 Å². The largest absolute Gasteiger partial charge is 0.485 e. The summed E-state index contributed by atoms with van der Waals surface area (Å²) in [5, 5.41) is 14.1. The zero-order chi connectivity index (χ0) is 25.7. The highest BCUT2D eigenvalue weighted by molar-refractivity contribution is 7.99. The maximum absolute atomic E-state index is 12.7. The molecule has 0 radical (unpaired) electrons. The summed E-state index contributed by atoms with van der Waals surface area (Å²) < 4.78 is 12.7. The Kier molecular flexibility index (Phi) is 8.07. The molecular weight excluding hydrogens is 496 g/mol. The number of rotatable bonds is 9. The van der Waals surface area contributed by atoms with E-state index >= 15 is 0 Å². The number of benzene rings is 2. The summed E-state index contributed by atoms with van der Waals surface area (Å²) in [6, 6.07) is 15.4. The molecule has 10 heteroatoms. The molecule has 2 aromatic heterocycles. The van der Waals surface area contributed by atoms with Gasteiger partial charge in [0.15, 0.2) is 11.0 Å². The summed E-state index contributed by atoms with van der Waals surface area (Å²) in [6.07, 6.45) is 0. The van der Waals surface area contributed by atoms with Gasteiger partial charge >= 0.3 is 5.97 Å². The first-order valence-corrected chi connectivity index (χ1v) is 13.0. The van der Waals surface area contributed by atoms with Crippen LogP contribution in [-0.2, 0) is 23.2 Å². The highest BCUT2D eigenvalue weighted by Crippen LogP contribution is 2.36. The van der Waals surface area contributed by atoms with Crippen molar-refractivity contribution in [2.24, 2.45) is 7.05 Å². The monoisotopic (exact) mass is 522 g/mol. The van der Waals surface area contributed by atoms with Crippen LogP contribution in [0.25, 0.3) is 11.1 Å². The van der Waals surface area contributed by atoms with Crippen LogP contribution >= 0.6 is 23.1 Å². The molecule has 186 valence electrons. The molecule has 0 atom stereocenters. The molecule has 36 heavy (non-hydrogen) atoms. The fourth-order valence-electron chi connectivity index (χ4n) is 3.50. The molecule has 0 spiro atoms. The first kappa shape index (κ1) is 25.5. The number of carbonyl (C=O) groups is 2. The van der Waals surface area contributed by atoms with E-state index in [1.54, 1.807) is 0 Å². The van der Waals surface area contributed by atoms with Crippen LogP contribution in [0.4, 0.5) is 5.00 Å². The van der Waals surface area contributed by atoms with Gasteiger partial charge < -0.3 is 19.4 Å². The van der Waals surface area contributed by atoms with Crippen molar-refractivity contribution in [1.29, 1.82) is 0 Å². The molecule has 1 amide bonds. The molecule has 2 heterocycles. The molecule has 0 unspecified atom stereocenters. The summed E-state index contributed by atoms with van der Waals surface area (Å²) in [6.45, 7) is 4.32. The summed E-state index contributed by atoms with van der Waals surface area (Å²) in [4.78, 5) is 25.2. The van der Waals surface area contributed by atoms with Crippen molar-refractivity contribution in [3.8, 4) is 16.9 Å². The van der Waals surface area contributed by atoms with Crippen molar-refractivity contribution in [2.75, 3.05) is 18.2 Å². The van der Waals surface area contributed by atoms with Gasteiger partial charge in [-0.15, -0.1) is 21.5 Å². The van der Waals surface area contributed by atoms with E-state index in [-0.39, 0.29) is 18.3 Å². The van der Waals surface area contributed by atoms with E-state index in [4.69, 9.17) is 9.47 Å². The molecule has 0 aliphatic rings. The number of esters is 1. The molecular formula is C26H26N4O4S2. The molecule has 0 fully saturated rings. The number of aromatic nitrogens is 3. The number of nitrogens with zero attached hydrogens (tertiary/aromatic N) is 3. The Hall–Kier alpha value is -3.63. The number of thiophene rings is 1. The third-order valence-electron chi connectivity index (χ3n) is 5.69. The van der Waals surface area contributed by atoms with E-state index in [2.05, 4.69) is 15.5 Å². The van der Waals surface area contributed by atoms with Crippen molar-refractivity contribution in [1.82, 2.24) is 14.8 Å². The molecule has 1 N–H and O–H groups in total. The number of thioether (sulfide) groups is 1. The third-order valence-corrected chi connectivity index (χ3v) is 7.60. The number of hydrogen-bond acceptors (Lipinski definition) is 8. The zero-order valence-electron chi connectivity index (χ0n) is 20.4. The molecule has 0 aliphatic carbocycles. The fraction of sp³-hybridized carbons (Fsp3) is 0.231. The minimum Gasteiger partial charge on any atom is -0.485 e. The second-order valence-corrected chi connectivity index (χ2v) is 9.81. The van der Waals surface area contributed by atoms with Crippen molar-refractivity contribution in [3.63, 3.8) is 0 Å². The normalized spacial score (nSPS) is 10.8. The number of amides is 1. The van der Waals surface area contributed by atoms with Crippen LogP contribution in [0.2, 0.25) is 0 Å². The van der Waals surface area contributed by atoms with Crippen molar-refractivity contribution >= 4 is 40.0 Å². The van der Waals surface area contributed by atoms with Gasteiger partial charge in [-0.25, -0.2) is 4.79 Å². The second kappa shape index (κ2) is 11.4. The maximum Gasteiger partial charge on any atom is 0.341 e. The molecule has 8 nitrogen and oxygen atoms in total. The number of aryl methyl sites for hydroxylation is 1. The van der Waals surface area contributed by atoms with Gasteiger partial charge in [0.05, 0.1) is 12.9 Å². The fourth-order valence-corrected chi connectivity index (χ4v) is 5.20. The summed E-state index contributed by atoms with van der Waals surface area (Å²) in [7, 11) is 3.16. The second-order valence-electron chi connectivity index (χ2n) is 7.99. The van der Waals surface area contributed by atoms with E-state index in [1.165, 1.54) is 30.2 Å². The maximum atomic E-state index is 12.7. The molecule has 2 aromatic carbocycles. The predicted molar refractivity (Wildman–Crippen MR) is 142 cm³/mol. The Morgan fingerprint density at radius 2 is 1.86 bits per heavy atom. The SMILES string of the molecule is COC(=O)c1c(-c2ccccc2)csc1NC(=O)CSc1nnc(COc2cccc(C)c2C)n1C. The number of methoxy groups -OCH3 is 1. The minimum atomic E-state index is -0.500. The van der Waals surface area contributed by atoms with Crippen molar-refractivity contribution < 1.29 is 19.1 Å². The predicted octanol–water partition coefficient (Wildman–Crippen LogP) is 5.26. The average Bonchev–Trinajstić information content (AvgIpc) is 3.46. The Morgan fingerprint density at radius 3 is 2.61 bits per heavy atom. The number of hydrogen-bond donors (Lipinski definition) is 1. The Balaban J connectivity index is 1.40. The van der Waals surface area contributed by atoms with Gasteiger partial charge in [-0.05, 0) is 36.6 Å². The van der Waals surface area contributed by atoms with E-state index in [0.29, 0.717) is 21.5 Å². The highest BCUT2D eigenvalue weighted by atomic mass is 32.2. The lowest BCUT2D eigenvalue weighted by Gasteiger charge is -2.10. The lowest BCUT2D eigenvalue weighted by atomic mass is 10.0. The molecule has 0 aliphatic heterocycles. The summed E-state index contributed by atoms with van der Waals surface area (Å²) in [5.41, 5.74) is 4.18. The Morgan fingerprint density at radius 1 is 1.08 bits per heavy atom. The van der Waals surface area contributed by atoms with Gasteiger partial charge in [-0.2, -0.15) is 0 Å². The highest BCUT2D eigenvalue weighted by Gasteiger charge is 2.22. The van der Waals surface area contributed by atoms with Crippen molar-refractivity contribution in [2.45, 2.75) is 25.6 Å². The average molecular weight is 523 g/mol. The van der Waals surface area contributed by atoms with Crippen LogP contribution in [-0.4, -0.2) is 39.5 Å². The molecule has 4 rings (SSSR count). The summed E-state index contributed by atoms with van der Waals surface area (Å²) >= 11 is 2.54. The Labute approximate surface area is 217 Å². The number of anilines is 1. The molecule has 0 bridgehead atoms.